The second-order valence-corrected chi connectivity index (χ2v) is 6.45. The number of carbonyl (C=O) groups is 1. The average molecular weight is 313 g/mol. The lowest BCUT2D eigenvalue weighted by molar-refractivity contribution is -0.131. The molecule has 1 aliphatic carbocycles. The van der Waals surface area contributed by atoms with Crippen molar-refractivity contribution >= 4 is 28.5 Å². The number of halogens is 1. The van der Waals surface area contributed by atoms with Crippen LogP contribution >= 0.6 is 12.4 Å². The highest BCUT2D eigenvalue weighted by Gasteiger charge is 2.26. The first-order chi connectivity index (χ1) is 8.47. The van der Waals surface area contributed by atoms with Crippen LogP contribution < -0.4 is 10.5 Å². The van der Waals surface area contributed by atoms with E-state index in [9.17, 15) is 13.2 Å². The molecular weight excluding hydrogens is 292 g/mol. The molecule has 1 heterocycles. The van der Waals surface area contributed by atoms with Gasteiger partial charge in [0, 0.05) is 26.2 Å². The van der Waals surface area contributed by atoms with Gasteiger partial charge in [0.2, 0.25) is 5.91 Å². The normalized spacial score (nSPS) is 21.0. The van der Waals surface area contributed by atoms with Crippen LogP contribution in [0.5, 0.6) is 0 Å². The third kappa shape index (κ3) is 5.23. The van der Waals surface area contributed by atoms with Crippen molar-refractivity contribution in [1.29, 1.82) is 0 Å². The Morgan fingerprint density at radius 1 is 1.21 bits per heavy atom. The number of carbonyl (C=O) groups excluding carboxylic acids is 1. The monoisotopic (exact) mass is 312 g/mol. The van der Waals surface area contributed by atoms with Gasteiger partial charge in [-0.15, -0.1) is 12.4 Å². The summed E-state index contributed by atoms with van der Waals surface area (Å²) >= 11 is 0. The number of hydrogen-bond acceptors (Lipinski definition) is 4. The molecule has 19 heavy (non-hydrogen) atoms. The van der Waals surface area contributed by atoms with Crippen molar-refractivity contribution in [2.75, 3.05) is 39.3 Å². The van der Waals surface area contributed by atoms with Crippen LogP contribution in [0.25, 0.3) is 0 Å². The Balaban J connectivity index is 0.00000180. The van der Waals surface area contributed by atoms with E-state index < -0.39 is 10.2 Å². The minimum Gasteiger partial charge on any atom is -0.339 e. The lowest BCUT2D eigenvalue weighted by Gasteiger charge is -2.33. The third-order valence-corrected chi connectivity index (χ3v) is 4.44. The highest BCUT2D eigenvalue weighted by molar-refractivity contribution is 7.86. The predicted molar refractivity (Wildman–Crippen MR) is 74.1 cm³/mol. The summed E-state index contributed by atoms with van der Waals surface area (Å²) in [6, 6.07) is 0. The molecule has 2 aliphatic rings. The van der Waals surface area contributed by atoms with Crippen LogP contribution in [-0.2, 0) is 15.0 Å². The van der Waals surface area contributed by atoms with Gasteiger partial charge in [-0.3, -0.25) is 4.79 Å². The molecule has 9 heteroatoms. The zero-order chi connectivity index (χ0) is 13.2. The highest BCUT2D eigenvalue weighted by Crippen LogP contribution is 2.27. The summed E-state index contributed by atoms with van der Waals surface area (Å²) in [6.07, 6.45) is 2.52. The number of nitrogens with zero attached hydrogens (tertiary/aromatic N) is 2. The highest BCUT2D eigenvalue weighted by atomic mass is 35.5. The fourth-order valence-electron chi connectivity index (χ4n) is 2.01. The molecule has 2 rings (SSSR count). The maximum absolute atomic E-state index is 11.8. The third-order valence-electron chi connectivity index (χ3n) is 3.36. The topological polar surface area (TPSA) is 95.7 Å². The number of amides is 1. The summed E-state index contributed by atoms with van der Waals surface area (Å²) in [5.41, 5.74) is 0. The number of piperazine rings is 1. The summed E-state index contributed by atoms with van der Waals surface area (Å²) < 4.78 is 23.4. The Morgan fingerprint density at radius 3 is 2.26 bits per heavy atom. The standard InChI is InChI=1S/C10H20N4O3S.ClH/c11-18(16,17)14-5-3-13(4-6-14)10(15)8-12-7-9-1-2-9;/h9,12H,1-8H2,(H2,11,16,17);1H. The van der Waals surface area contributed by atoms with Crippen molar-refractivity contribution in [2.45, 2.75) is 12.8 Å². The van der Waals surface area contributed by atoms with Gasteiger partial charge in [0.25, 0.3) is 10.2 Å². The fraction of sp³-hybridized carbons (Fsp3) is 0.900. The quantitative estimate of drug-likeness (QED) is 0.663. The summed E-state index contributed by atoms with van der Waals surface area (Å²) in [4.78, 5) is 13.5. The van der Waals surface area contributed by atoms with Gasteiger partial charge >= 0.3 is 0 Å². The molecule has 3 N–H and O–H groups in total. The smallest absolute Gasteiger partial charge is 0.277 e. The number of rotatable bonds is 5. The van der Waals surface area contributed by atoms with Crippen LogP contribution in [0.1, 0.15) is 12.8 Å². The molecule has 0 radical (unpaired) electrons. The minimum atomic E-state index is -3.62. The van der Waals surface area contributed by atoms with E-state index in [2.05, 4.69) is 5.32 Å². The first kappa shape index (κ1) is 16.6. The predicted octanol–water partition coefficient (Wildman–Crippen LogP) is -1.24. The molecule has 1 saturated heterocycles. The van der Waals surface area contributed by atoms with Crippen molar-refractivity contribution in [3.05, 3.63) is 0 Å². The van der Waals surface area contributed by atoms with Gasteiger partial charge in [0.1, 0.15) is 0 Å². The van der Waals surface area contributed by atoms with Crippen molar-refractivity contribution < 1.29 is 13.2 Å². The fourth-order valence-corrected chi connectivity index (χ4v) is 2.68. The van der Waals surface area contributed by atoms with Crippen LogP contribution in [0.4, 0.5) is 0 Å². The molecule has 0 aromatic rings. The molecule has 0 spiro atoms. The van der Waals surface area contributed by atoms with Crippen molar-refractivity contribution in [3.8, 4) is 0 Å². The zero-order valence-corrected chi connectivity index (χ0v) is 12.4. The first-order valence-electron chi connectivity index (χ1n) is 6.23. The van der Waals surface area contributed by atoms with Crippen LogP contribution in [0.2, 0.25) is 0 Å². The van der Waals surface area contributed by atoms with Gasteiger partial charge in [-0.2, -0.15) is 12.7 Å². The Morgan fingerprint density at radius 2 is 1.79 bits per heavy atom. The van der Waals surface area contributed by atoms with Crippen molar-refractivity contribution in [3.63, 3.8) is 0 Å². The molecule has 1 amide bonds. The van der Waals surface area contributed by atoms with E-state index in [0.29, 0.717) is 19.6 Å². The summed E-state index contributed by atoms with van der Waals surface area (Å²) in [5, 5.41) is 8.17. The van der Waals surface area contributed by atoms with E-state index in [1.165, 1.54) is 17.1 Å². The van der Waals surface area contributed by atoms with Gasteiger partial charge in [0.05, 0.1) is 6.54 Å². The Bertz CT molecular complexity index is 405. The molecule has 112 valence electrons. The zero-order valence-electron chi connectivity index (χ0n) is 10.7. The summed E-state index contributed by atoms with van der Waals surface area (Å²) in [7, 11) is -3.62. The SMILES string of the molecule is Cl.NS(=O)(=O)N1CCN(C(=O)CNCC2CC2)CC1. The molecule has 0 unspecified atom stereocenters. The van der Waals surface area contributed by atoms with E-state index in [1.807, 2.05) is 0 Å². The number of nitrogens with two attached hydrogens (primary N) is 1. The van der Waals surface area contributed by atoms with Gasteiger partial charge in [-0.25, -0.2) is 5.14 Å². The molecule has 1 saturated carbocycles. The van der Waals surface area contributed by atoms with Crippen molar-refractivity contribution in [1.82, 2.24) is 14.5 Å². The molecule has 7 nitrogen and oxygen atoms in total. The van der Waals surface area contributed by atoms with E-state index in [1.54, 1.807) is 4.90 Å². The maximum atomic E-state index is 11.8. The van der Waals surface area contributed by atoms with Crippen LogP contribution in [-0.4, -0.2) is 62.8 Å². The average Bonchev–Trinajstić information content (AvgIpc) is 3.12. The lowest BCUT2D eigenvalue weighted by Crippen LogP contribution is -2.53. The number of nitrogens with one attached hydrogen (secondary N) is 1. The molecule has 0 aromatic carbocycles. The van der Waals surface area contributed by atoms with Crippen molar-refractivity contribution in [2.24, 2.45) is 11.1 Å². The van der Waals surface area contributed by atoms with Crippen LogP contribution in [0, 0.1) is 5.92 Å². The van der Waals surface area contributed by atoms with Crippen LogP contribution in [0.15, 0.2) is 0 Å². The minimum absolute atomic E-state index is 0. The van der Waals surface area contributed by atoms with Gasteiger partial charge < -0.3 is 10.2 Å². The molecular formula is C10H21ClN4O3S. The Hall–Kier alpha value is -0.410. The Labute approximate surface area is 120 Å². The van der Waals surface area contributed by atoms with Gasteiger partial charge in [-0.1, -0.05) is 0 Å². The lowest BCUT2D eigenvalue weighted by atomic mass is 10.3. The molecule has 0 aromatic heterocycles. The molecule has 1 aliphatic heterocycles. The van der Waals surface area contributed by atoms with E-state index >= 15 is 0 Å². The second-order valence-electron chi connectivity index (χ2n) is 4.90. The molecule has 2 fully saturated rings. The maximum Gasteiger partial charge on any atom is 0.277 e. The largest absolute Gasteiger partial charge is 0.339 e. The van der Waals surface area contributed by atoms with Gasteiger partial charge in [-0.05, 0) is 25.3 Å². The van der Waals surface area contributed by atoms with Crippen LogP contribution in [0.3, 0.4) is 0 Å². The van der Waals surface area contributed by atoms with Gasteiger partial charge in [0.15, 0.2) is 0 Å². The Kier molecular flexibility index (Phi) is 6.00. The molecule has 0 bridgehead atoms. The summed E-state index contributed by atoms with van der Waals surface area (Å²) in [6.45, 7) is 2.65. The van der Waals surface area contributed by atoms with E-state index in [0.717, 1.165) is 12.5 Å². The second kappa shape index (κ2) is 6.85. The van der Waals surface area contributed by atoms with E-state index in [-0.39, 0.29) is 31.4 Å². The number of hydrogen-bond donors (Lipinski definition) is 2. The first-order valence-corrected chi connectivity index (χ1v) is 7.73. The van der Waals surface area contributed by atoms with E-state index in [4.69, 9.17) is 5.14 Å². The summed E-state index contributed by atoms with van der Waals surface area (Å²) in [5.74, 6) is 0.779. The molecule has 0 atom stereocenters.